The van der Waals surface area contributed by atoms with Gasteiger partial charge in [-0.1, -0.05) is 6.92 Å². The van der Waals surface area contributed by atoms with Crippen LogP contribution in [-0.4, -0.2) is 52.1 Å². The monoisotopic (exact) mass is 293 g/mol. The second kappa shape index (κ2) is 8.29. The highest BCUT2D eigenvalue weighted by Gasteiger charge is 2.17. The van der Waals surface area contributed by atoms with E-state index in [0.717, 1.165) is 24.0 Å². The van der Waals surface area contributed by atoms with Gasteiger partial charge in [-0.2, -0.15) is 12.7 Å². The van der Waals surface area contributed by atoms with Gasteiger partial charge in [0.2, 0.25) is 0 Å². The number of hydroxylamine groups is 1. The van der Waals surface area contributed by atoms with Crippen molar-refractivity contribution in [1.29, 1.82) is 0 Å². The summed E-state index contributed by atoms with van der Waals surface area (Å²) in [5.41, 5.74) is 2.52. The number of carbonyl (C=O) groups excluding carboxylic acids is 1. The van der Waals surface area contributed by atoms with E-state index in [-0.39, 0.29) is 5.75 Å². The molecule has 0 unspecified atom stereocenters. The average Bonchev–Trinajstić information content (AvgIpc) is 2.27. The predicted molar refractivity (Wildman–Crippen MR) is 74.6 cm³/mol. The molecule has 0 bridgehead atoms. The Morgan fingerprint density at radius 1 is 1.32 bits per heavy atom. The summed E-state index contributed by atoms with van der Waals surface area (Å²) in [6, 6.07) is 0. The second-order valence-electron chi connectivity index (χ2n) is 5.21. The van der Waals surface area contributed by atoms with Gasteiger partial charge in [0.25, 0.3) is 10.1 Å². The van der Waals surface area contributed by atoms with E-state index in [1.165, 1.54) is 6.20 Å². The average molecular weight is 293 g/mol. The third-order valence-electron chi connectivity index (χ3n) is 2.63. The minimum atomic E-state index is -3.60. The van der Waals surface area contributed by atoms with Crippen LogP contribution in [0.3, 0.4) is 0 Å². The Kier molecular flexibility index (Phi) is 7.89. The zero-order valence-corrected chi connectivity index (χ0v) is 13.0. The minimum absolute atomic E-state index is 0.0423. The highest BCUT2D eigenvalue weighted by Crippen LogP contribution is 2.03. The van der Waals surface area contributed by atoms with Crippen molar-refractivity contribution >= 4 is 16.4 Å². The standard InChI is InChI=1S/C12H24N2O4S/c1-5-7-14(3,4)8-6-9-19(16,17)18-13-10-12(2)11-15/h10-11H,5-9H2,1-4H3/p+1. The van der Waals surface area contributed by atoms with Gasteiger partial charge < -0.3 is 4.48 Å². The molecule has 0 aromatic rings. The van der Waals surface area contributed by atoms with Crippen LogP contribution < -0.4 is 5.48 Å². The Balaban J connectivity index is 4.08. The molecule has 0 fully saturated rings. The minimum Gasteiger partial charge on any atom is -0.328 e. The molecule has 0 spiro atoms. The van der Waals surface area contributed by atoms with Crippen LogP contribution in [0.2, 0.25) is 0 Å². The lowest BCUT2D eigenvalue weighted by Crippen LogP contribution is -2.41. The van der Waals surface area contributed by atoms with Gasteiger partial charge in [-0.05, 0) is 13.3 Å². The number of nitrogens with zero attached hydrogens (tertiary/aromatic N) is 1. The van der Waals surface area contributed by atoms with Crippen LogP contribution in [0.1, 0.15) is 26.7 Å². The van der Waals surface area contributed by atoms with Crippen molar-refractivity contribution in [3.05, 3.63) is 11.8 Å². The van der Waals surface area contributed by atoms with Crippen LogP contribution in [0.4, 0.5) is 0 Å². The molecule has 0 aliphatic carbocycles. The Morgan fingerprint density at radius 3 is 2.47 bits per heavy atom. The summed E-state index contributed by atoms with van der Waals surface area (Å²) < 4.78 is 28.4. The number of hydrogen-bond donors (Lipinski definition) is 1. The van der Waals surface area contributed by atoms with Crippen molar-refractivity contribution in [3.8, 4) is 0 Å². The van der Waals surface area contributed by atoms with Crippen molar-refractivity contribution in [2.45, 2.75) is 26.7 Å². The second-order valence-corrected chi connectivity index (χ2v) is 6.90. The first-order valence-electron chi connectivity index (χ1n) is 6.33. The molecule has 112 valence electrons. The Bertz CT molecular complexity index is 402. The summed E-state index contributed by atoms with van der Waals surface area (Å²) in [5, 5.41) is 0. The maximum atomic E-state index is 11.5. The summed E-state index contributed by atoms with van der Waals surface area (Å²) >= 11 is 0. The fourth-order valence-electron chi connectivity index (χ4n) is 1.65. The maximum Gasteiger partial charge on any atom is 0.288 e. The first kappa shape index (κ1) is 18.1. The van der Waals surface area contributed by atoms with E-state index in [1.807, 2.05) is 0 Å². The lowest BCUT2D eigenvalue weighted by Gasteiger charge is -2.29. The molecule has 0 aliphatic heterocycles. The molecule has 0 heterocycles. The molecule has 0 atom stereocenters. The normalized spacial score (nSPS) is 13.4. The third-order valence-corrected chi connectivity index (χ3v) is 3.77. The smallest absolute Gasteiger partial charge is 0.288 e. The molecule has 0 radical (unpaired) electrons. The molecule has 19 heavy (non-hydrogen) atoms. The topological polar surface area (TPSA) is 72.5 Å². The van der Waals surface area contributed by atoms with Gasteiger partial charge in [-0.15, -0.1) is 0 Å². The van der Waals surface area contributed by atoms with Crippen LogP contribution in [0, 0.1) is 0 Å². The van der Waals surface area contributed by atoms with Gasteiger partial charge >= 0.3 is 0 Å². The number of quaternary nitrogens is 1. The molecule has 7 heteroatoms. The summed E-state index contributed by atoms with van der Waals surface area (Å²) in [6.45, 7) is 5.44. The summed E-state index contributed by atoms with van der Waals surface area (Å²) in [4.78, 5) is 10.3. The highest BCUT2D eigenvalue weighted by molar-refractivity contribution is 7.86. The quantitative estimate of drug-likeness (QED) is 0.279. The van der Waals surface area contributed by atoms with Crippen molar-refractivity contribution in [2.24, 2.45) is 0 Å². The molecular weight excluding hydrogens is 268 g/mol. The zero-order valence-electron chi connectivity index (χ0n) is 12.2. The summed E-state index contributed by atoms with van der Waals surface area (Å²) in [7, 11) is 0.545. The predicted octanol–water partition coefficient (Wildman–Crippen LogP) is 0.817. The molecule has 0 aromatic carbocycles. The van der Waals surface area contributed by atoms with Crippen molar-refractivity contribution in [1.82, 2.24) is 5.48 Å². The first-order valence-corrected chi connectivity index (χ1v) is 7.91. The maximum absolute atomic E-state index is 11.5. The number of carbonyl (C=O) groups is 1. The van der Waals surface area contributed by atoms with E-state index in [2.05, 4.69) is 30.8 Å². The highest BCUT2D eigenvalue weighted by atomic mass is 32.2. The zero-order chi connectivity index (χ0) is 14.9. The number of allylic oxidation sites excluding steroid dienone is 1. The lowest BCUT2D eigenvalue weighted by atomic mass is 10.3. The van der Waals surface area contributed by atoms with Gasteiger partial charge in [0, 0.05) is 18.2 Å². The van der Waals surface area contributed by atoms with Gasteiger partial charge in [-0.3, -0.25) is 10.3 Å². The summed E-state index contributed by atoms with van der Waals surface area (Å²) in [5.74, 6) is -0.0423. The van der Waals surface area contributed by atoms with Crippen LogP contribution in [-0.2, 0) is 19.2 Å². The molecule has 0 saturated heterocycles. The van der Waals surface area contributed by atoms with Gasteiger partial charge in [-0.25, -0.2) is 0 Å². The molecule has 0 aromatic heterocycles. The number of aldehydes is 1. The van der Waals surface area contributed by atoms with E-state index in [0.29, 0.717) is 18.3 Å². The SMILES string of the molecule is CCC[N+](C)(C)CCCS(=O)(=O)ONC=C(C)C=O. The van der Waals surface area contributed by atoms with Crippen molar-refractivity contribution in [2.75, 3.05) is 32.9 Å². The van der Waals surface area contributed by atoms with E-state index in [1.54, 1.807) is 6.92 Å². The Morgan fingerprint density at radius 2 is 1.95 bits per heavy atom. The summed E-state index contributed by atoms with van der Waals surface area (Å²) in [6.07, 6.45) is 3.41. The first-order chi connectivity index (χ1) is 8.72. The van der Waals surface area contributed by atoms with Crippen LogP contribution in [0.5, 0.6) is 0 Å². The molecule has 0 saturated carbocycles. The van der Waals surface area contributed by atoms with E-state index >= 15 is 0 Å². The molecule has 1 N–H and O–H groups in total. The molecule has 0 aliphatic rings. The molecule has 0 amide bonds. The van der Waals surface area contributed by atoms with E-state index in [9.17, 15) is 13.2 Å². The molecular formula is C12H25N2O4S+. The van der Waals surface area contributed by atoms with Crippen LogP contribution >= 0.6 is 0 Å². The van der Waals surface area contributed by atoms with Crippen LogP contribution in [0.15, 0.2) is 11.8 Å². The molecule has 6 nitrogen and oxygen atoms in total. The van der Waals surface area contributed by atoms with Gasteiger partial charge in [0.05, 0.1) is 32.9 Å². The third kappa shape index (κ3) is 9.63. The van der Waals surface area contributed by atoms with Crippen molar-refractivity contribution < 1.29 is 22.0 Å². The van der Waals surface area contributed by atoms with E-state index < -0.39 is 10.1 Å². The fourth-order valence-corrected chi connectivity index (χ4v) is 2.41. The van der Waals surface area contributed by atoms with Gasteiger partial charge in [0.15, 0.2) is 0 Å². The van der Waals surface area contributed by atoms with Gasteiger partial charge in [0.1, 0.15) is 6.29 Å². The number of nitrogens with one attached hydrogen (secondary N) is 1. The molecule has 0 rings (SSSR count). The van der Waals surface area contributed by atoms with Crippen molar-refractivity contribution in [3.63, 3.8) is 0 Å². The van der Waals surface area contributed by atoms with E-state index in [4.69, 9.17) is 0 Å². The number of rotatable bonds is 10. The lowest BCUT2D eigenvalue weighted by molar-refractivity contribution is -0.890. The fraction of sp³-hybridized carbons (Fsp3) is 0.750. The largest absolute Gasteiger partial charge is 0.328 e. The Labute approximate surface area is 116 Å². The Hall–Kier alpha value is -0.920. The number of hydrogen-bond acceptors (Lipinski definition) is 5. The van der Waals surface area contributed by atoms with Crippen LogP contribution in [0.25, 0.3) is 0 Å².